The van der Waals surface area contributed by atoms with Crippen LogP contribution in [-0.2, 0) is 6.54 Å². The molecule has 3 amide bonds. The van der Waals surface area contributed by atoms with E-state index in [2.05, 4.69) is 51.6 Å². The first kappa shape index (κ1) is 22.0. The van der Waals surface area contributed by atoms with E-state index in [4.69, 9.17) is 0 Å². The molecule has 1 aliphatic heterocycles. The fourth-order valence-corrected chi connectivity index (χ4v) is 3.70. The summed E-state index contributed by atoms with van der Waals surface area (Å²) in [6.45, 7) is 6.70. The molecule has 0 radical (unpaired) electrons. The van der Waals surface area contributed by atoms with Crippen LogP contribution in [0.5, 0.6) is 0 Å². The Labute approximate surface area is 184 Å². The standard InChI is InChI=1S/C20H26BrN7O2/c1-3-23-20(30)26-18-17(21)14(6-7-24-18)13-27-8-10-28(11-9-27)15-4-5-16(25-12-15)19(29)22-2/h4-7,12H,3,8-11,13H2,1-2H3,(H,22,29)(H2,23,24,26,30). The number of carbonyl (C=O) groups excluding carboxylic acids is 2. The molecule has 3 heterocycles. The molecule has 2 aromatic rings. The first-order valence-electron chi connectivity index (χ1n) is 9.85. The lowest BCUT2D eigenvalue weighted by Gasteiger charge is -2.36. The van der Waals surface area contributed by atoms with Crippen molar-refractivity contribution >= 4 is 39.4 Å². The summed E-state index contributed by atoms with van der Waals surface area (Å²) in [4.78, 5) is 36.5. The zero-order chi connectivity index (χ0) is 21.5. The Balaban J connectivity index is 1.57. The number of amides is 3. The average molecular weight is 476 g/mol. The van der Waals surface area contributed by atoms with Gasteiger partial charge in [0, 0.05) is 52.5 Å². The Morgan fingerprint density at radius 2 is 1.90 bits per heavy atom. The molecule has 0 bridgehead atoms. The van der Waals surface area contributed by atoms with Gasteiger partial charge in [-0.25, -0.2) is 14.8 Å². The summed E-state index contributed by atoms with van der Waals surface area (Å²) in [5.41, 5.74) is 2.50. The fraction of sp³-hybridized carbons (Fsp3) is 0.400. The highest BCUT2D eigenvalue weighted by atomic mass is 79.9. The third-order valence-corrected chi connectivity index (χ3v) is 5.76. The molecule has 0 saturated carbocycles. The quantitative estimate of drug-likeness (QED) is 0.590. The highest BCUT2D eigenvalue weighted by molar-refractivity contribution is 9.10. The number of aromatic nitrogens is 2. The number of nitrogens with one attached hydrogen (secondary N) is 3. The monoisotopic (exact) mass is 475 g/mol. The predicted molar refractivity (Wildman–Crippen MR) is 120 cm³/mol. The highest BCUT2D eigenvalue weighted by Gasteiger charge is 2.20. The molecule has 3 rings (SSSR count). The van der Waals surface area contributed by atoms with Gasteiger partial charge in [-0.2, -0.15) is 0 Å². The number of anilines is 2. The van der Waals surface area contributed by atoms with Crippen molar-refractivity contribution in [2.24, 2.45) is 0 Å². The van der Waals surface area contributed by atoms with Crippen LogP contribution >= 0.6 is 15.9 Å². The van der Waals surface area contributed by atoms with Gasteiger partial charge in [0.2, 0.25) is 0 Å². The van der Waals surface area contributed by atoms with Crippen LogP contribution < -0.4 is 20.9 Å². The summed E-state index contributed by atoms with van der Waals surface area (Å²) >= 11 is 3.58. The van der Waals surface area contributed by atoms with Gasteiger partial charge in [0.1, 0.15) is 11.5 Å². The fourth-order valence-electron chi connectivity index (χ4n) is 3.25. The second-order valence-electron chi connectivity index (χ2n) is 6.86. The number of rotatable bonds is 6. The summed E-state index contributed by atoms with van der Waals surface area (Å²) in [5, 5.41) is 8.04. The molecule has 0 aliphatic carbocycles. The predicted octanol–water partition coefficient (Wildman–Crippen LogP) is 2.06. The molecule has 160 valence electrons. The van der Waals surface area contributed by atoms with E-state index in [1.165, 1.54) is 0 Å². The van der Waals surface area contributed by atoms with Crippen LogP contribution in [0.4, 0.5) is 16.3 Å². The molecule has 10 heteroatoms. The maximum Gasteiger partial charge on any atom is 0.320 e. The average Bonchev–Trinajstić information content (AvgIpc) is 2.77. The molecule has 0 spiro atoms. The Hall–Kier alpha value is -2.72. The molecule has 9 nitrogen and oxygen atoms in total. The number of hydrogen-bond donors (Lipinski definition) is 3. The molecule has 0 aromatic carbocycles. The van der Waals surface area contributed by atoms with E-state index in [0.717, 1.165) is 48.4 Å². The highest BCUT2D eigenvalue weighted by Crippen LogP contribution is 2.26. The van der Waals surface area contributed by atoms with E-state index < -0.39 is 0 Å². The van der Waals surface area contributed by atoms with Crippen LogP contribution in [0.3, 0.4) is 0 Å². The Bertz CT molecular complexity index is 883. The molecular formula is C20H26BrN7O2. The second-order valence-corrected chi connectivity index (χ2v) is 7.65. The van der Waals surface area contributed by atoms with Crippen LogP contribution in [0.1, 0.15) is 23.0 Å². The van der Waals surface area contributed by atoms with E-state index in [9.17, 15) is 9.59 Å². The smallest absolute Gasteiger partial charge is 0.320 e. The van der Waals surface area contributed by atoms with E-state index in [0.29, 0.717) is 18.1 Å². The van der Waals surface area contributed by atoms with Gasteiger partial charge in [-0.15, -0.1) is 0 Å². The maximum atomic E-state index is 11.8. The zero-order valence-corrected chi connectivity index (χ0v) is 18.7. The van der Waals surface area contributed by atoms with Crippen molar-refractivity contribution in [2.45, 2.75) is 13.5 Å². The van der Waals surface area contributed by atoms with E-state index in [1.54, 1.807) is 25.5 Å². The summed E-state index contributed by atoms with van der Waals surface area (Å²) in [6.07, 6.45) is 3.45. The van der Waals surface area contributed by atoms with Gasteiger partial charge in [0.15, 0.2) is 0 Å². The molecule has 0 unspecified atom stereocenters. The van der Waals surface area contributed by atoms with Gasteiger partial charge in [0.05, 0.1) is 16.4 Å². The van der Waals surface area contributed by atoms with E-state index in [-0.39, 0.29) is 11.9 Å². The topological polar surface area (TPSA) is 102 Å². The molecule has 1 aliphatic rings. The summed E-state index contributed by atoms with van der Waals surface area (Å²) in [7, 11) is 1.59. The number of halogens is 1. The molecule has 1 fully saturated rings. The minimum Gasteiger partial charge on any atom is -0.368 e. The van der Waals surface area contributed by atoms with Crippen LogP contribution in [-0.4, -0.2) is 66.6 Å². The maximum absolute atomic E-state index is 11.8. The van der Waals surface area contributed by atoms with Crippen LogP contribution in [0.15, 0.2) is 35.1 Å². The lowest BCUT2D eigenvalue weighted by atomic mass is 10.2. The summed E-state index contributed by atoms with van der Waals surface area (Å²) in [6, 6.07) is 5.37. The van der Waals surface area contributed by atoms with Gasteiger partial charge in [0.25, 0.3) is 5.91 Å². The van der Waals surface area contributed by atoms with Gasteiger partial charge >= 0.3 is 6.03 Å². The van der Waals surface area contributed by atoms with Crippen molar-refractivity contribution in [3.05, 3.63) is 46.3 Å². The van der Waals surface area contributed by atoms with Crippen LogP contribution in [0.25, 0.3) is 0 Å². The summed E-state index contributed by atoms with van der Waals surface area (Å²) in [5.74, 6) is 0.328. The lowest BCUT2D eigenvalue weighted by Crippen LogP contribution is -2.46. The first-order chi connectivity index (χ1) is 14.5. The lowest BCUT2D eigenvalue weighted by molar-refractivity contribution is 0.0958. The van der Waals surface area contributed by atoms with Gasteiger partial charge in [-0.05, 0) is 46.6 Å². The molecule has 0 atom stereocenters. The first-order valence-corrected chi connectivity index (χ1v) is 10.6. The van der Waals surface area contributed by atoms with Crippen molar-refractivity contribution in [3.8, 4) is 0 Å². The van der Waals surface area contributed by atoms with Crippen LogP contribution in [0, 0.1) is 0 Å². The van der Waals surface area contributed by atoms with Crippen molar-refractivity contribution in [1.29, 1.82) is 0 Å². The van der Waals surface area contributed by atoms with Gasteiger partial charge < -0.3 is 15.5 Å². The SMILES string of the molecule is CCNC(=O)Nc1nccc(CN2CCN(c3ccc(C(=O)NC)nc3)CC2)c1Br. The van der Waals surface area contributed by atoms with Gasteiger partial charge in [-0.3, -0.25) is 15.0 Å². The number of piperazine rings is 1. The van der Waals surface area contributed by atoms with Crippen molar-refractivity contribution < 1.29 is 9.59 Å². The molecule has 2 aromatic heterocycles. The second kappa shape index (κ2) is 10.4. The normalized spacial score (nSPS) is 14.3. The molecule has 30 heavy (non-hydrogen) atoms. The Morgan fingerprint density at radius 3 is 2.53 bits per heavy atom. The third-order valence-electron chi connectivity index (χ3n) is 4.88. The number of carbonyl (C=O) groups is 2. The van der Waals surface area contributed by atoms with Crippen molar-refractivity contribution in [1.82, 2.24) is 25.5 Å². The number of nitrogens with zero attached hydrogens (tertiary/aromatic N) is 4. The van der Waals surface area contributed by atoms with E-state index >= 15 is 0 Å². The van der Waals surface area contributed by atoms with Crippen LogP contribution in [0.2, 0.25) is 0 Å². The summed E-state index contributed by atoms with van der Waals surface area (Å²) < 4.78 is 0.799. The zero-order valence-electron chi connectivity index (χ0n) is 17.1. The van der Waals surface area contributed by atoms with Crippen molar-refractivity contribution in [2.75, 3.05) is 50.0 Å². The third kappa shape index (κ3) is 5.45. The number of pyridine rings is 2. The van der Waals surface area contributed by atoms with Gasteiger partial charge in [-0.1, -0.05) is 0 Å². The molecule has 1 saturated heterocycles. The van der Waals surface area contributed by atoms with E-state index in [1.807, 2.05) is 19.1 Å². The number of urea groups is 1. The Kier molecular flexibility index (Phi) is 7.58. The largest absolute Gasteiger partial charge is 0.368 e. The minimum atomic E-state index is -0.271. The number of hydrogen-bond acceptors (Lipinski definition) is 6. The molecule has 3 N–H and O–H groups in total. The van der Waals surface area contributed by atoms with Crippen molar-refractivity contribution in [3.63, 3.8) is 0 Å². The minimum absolute atomic E-state index is 0.185. The molecular weight excluding hydrogens is 450 g/mol. The Morgan fingerprint density at radius 1 is 1.13 bits per heavy atom.